The molecule has 2 atom stereocenters. The smallest absolute Gasteiger partial charge is 0.308 e. The number of benzene rings is 2. The normalized spacial score (nSPS) is 13.9. The van der Waals surface area contributed by atoms with Crippen molar-refractivity contribution in [2.24, 2.45) is 0 Å². The molecule has 2 aromatic carbocycles. The lowest BCUT2D eigenvalue weighted by molar-refractivity contribution is -0.483. The summed E-state index contributed by atoms with van der Waals surface area (Å²) in [5.74, 6) is -0.641. The highest BCUT2D eigenvalue weighted by Crippen LogP contribution is 2.65. The Kier molecular flexibility index (Phi) is 7.51. The highest BCUT2D eigenvalue weighted by Gasteiger charge is 2.45. The Morgan fingerprint density at radius 1 is 0.923 bits per heavy atom. The van der Waals surface area contributed by atoms with Gasteiger partial charge in [-0.15, -0.1) is 0 Å². The fourth-order valence-corrected chi connectivity index (χ4v) is 5.45. The second-order valence-electron chi connectivity index (χ2n) is 5.76. The molecule has 0 heterocycles. The summed E-state index contributed by atoms with van der Waals surface area (Å²) in [4.78, 5) is 11.0. The van der Waals surface area contributed by atoms with Crippen LogP contribution in [0.2, 0.25) is 0 Å². The summed E-state index contributed by atoms with van der Waals surface area (Å²) in [5, 5.41) is 11.4. The largest absolute Gasteiger partial charge is 0.338 e. The molecule has 0 N–H and O–H groups in total. The van der Waals surface area contributed by atoms with Crippen LogP contribution in [0.1, 0.15) is 36.6 Å². The summed E-state index contributed by atoms with van der Waals surface area (Å²) in [7, 11) is -3.63. The first-order valence-electron chi connectivity index (χ1n) is 8.62. The van der Waals surface area contributed by atoms with E-state index in [0.29, 0.717) is 5.56 Å². The molecule has 0 radical (unpaired) electrons. The fourth-order valence-electron chi connectivity index (χ4n) is 3.09. The first kappa shape index (κ1) is 20.3. The van der Waals surface area contributed by atoms with Gasteiger partial charge in [-0.3, -0.25) is 14.7 Å². The van der Waals surface area contributed by atoms with Crippen LogP contribution in [0.3, 0.4) is 0 Å². The third kappa shape index (κ3) is 5.01. The van der Waals surface area contributed by atoms with Gasteiger partial charge in [-0.2, -0.15) is 0 Å². The van der Waals surface area contributed by atoms with Gasteiger partial charge in [-0.1, -0.05) is 60.7 Å². The average Bonchev–Trinajstić information content (AvgIpc) is 2.63. The third-order valence-electron chi connectivity index (χ3n) is 4.05. The van der Waals surface area contributed by atoms with Crippen LogP contribution in [0.25, 0.3) is 0 Å². The lowest BCUT2D eigenvalue weighted by atomic mass is 9.91. The van der Waals surface area contributed by atoms with E-state index in [0.717, 1.165) is 5.56 Å². The van der Waals surface area contributed by atoms with Crippen LogP contribution in [-0.2, 0) is 13.6 Å². The molecule has 0 aliphatic carbocycles. The molecule has 2 rings (SSSR count). The van der Waals surface area contributed by atoms with E-state index >= 15 is 0 Å². The molecule has 0 aromatic heterocycles. The number of hydrogen-bond acceptors (Lipinski definition) is 5. The van der Waals surface area contributed by atoms with Gasteiger partial charge < -0.3 is 9.05 Å². The van der Waals surface area contributed by atoms with E-state index in [2.05, 4.69) is 0 Å². The Morgan fingerprint density at radius 3 is 1.81 bits per heavy atom. The average molecular weight is 377 g/mol. The Bertz CT molecular complexity index is 728. The van der Waals surface area contributed by atoms with Crippen LogP contribution >= 0.6 is 7.60 Å². The van der Waals surface area contributed by atoms with Crippen LogP contribution in [0.15, 0.2) is 60.7 Å². The van der Waals surface area contributed by atoms with Crippen molar-refractivity contribution in [2.45, 2.75) is 25.4 Å². The highest BCUT2D eigenvalue weighted by molar-refractivity contribution is 7.54. The van der Waals surface area contributed by atoms with E-state index in [1.54, 1.807) is 13.8 Å². The van der Waals surface area contributed by atoms with E-state index in [1.165, 1.54) is 0 Å². The topological polar surface area (TPSA) is 78.7 Å². The highest BCUT2D eigenvalue weighted by atomic mass is 31.2. The SMILES string of the molecule is CCOP(=O)(OCC)[C@@H](c1ccccc1)[C@@H](C[N+](=O)[O-])c1ccccc1. The number of nitrogens with zero attached hydrogens (tertiary/aromatic N) is 1. The summed E-state index contributed by atoms with van der Waals surface area (Å²) >= 11 is 0. The summed E-state index contributed by atoms with van der Waals surface area (Å²) < 4.78 is 24.8. The van der Waals surface area contributed by atoms with Gasteiger partial charge in [0.05, 0.1) is 24.8 Å². The van der Waals surface area contributed by atoms with Gasteiger partial charge in [0.15, 0.2) is 0 Å². The maximum absolute atomic E-state index is 13.6. The molecule has 0 amide bonds. The van der Waals surface area contributed by atoms with Gasteiger partial charge in [0.25, 0.3) is 0 Å². The monoisotopic (exact) mass is 377 g/mol. The van der Waals surface area contributed by atoms with E-state index in [4.69, 9.17) is 9.05 Å². The van der Waals surface area contributed by atoms with Crippen molar-refractivity contribution in [1.82, 2.24) is 0 Å². The zero-order valence-corrected chi connectivity index (χ0v) is 15.9. The molecule has 0 bridgehead atoms. The fraction of sp³-hybridized carbons (Fsp3) is 0.368. The van der Waals surface area contributed by atoms with Gasteiger partial charge in [0, 0.05) is 4.92 Å². The zero-order valence-electron chi connectivity index (χ0n) is 15.0. The first-order chi connectivity index (χ1) is 12.5. The molecule has 2 aromatic rings. The number of rotatable bonds is 10. The standard InChI is InChI=1S/C19H24NO5P/c1-3-24-26(23,25-4-2)19(17-13-9-6-10-14-17)18(15-20(21)22)16-11-7-5-8-12-16/h5-14,18-19H,3-4,15H2,1-2H3/t18-,19-/m0/s1. The second kappa shape index (κ2) is 9.62. The zero-order chi connectivity index (χ0) is 19.0. The maximum atomic E-state index is 13.6. The number of hydrogen-bond donors (Lipinski definition) is 0. The predicted octanol–water partition coefficient (Wildman–Crippen LogP) is 5.05. The molecule has 0 fully saturated rings. The lowest BCUT2D eigenvalue weighted by Crippen LogP contribution is -2.22. The van der Waals surface area contributed by atoms with Crippen molar-refractivity contribution < 1.29 is 18.5 Å². The van der Waals surface area contributed by atoms with Crippen molar-refractivity contribution >= 4 is 7.60 Å². The van der Waals surface area contributed by atoms with Crippen molar-refractivity contribution in [3.63, 3.8) is 0 Å². The Morgan fingerprint density at radius 2 is 1.38 bits per heavy atom. The Labute approximate surface area is 153 Å². The minimum atomic E-state index is -3.63. The van der Waals surface area contributed by atoms with Crippen LogP contribution in [0.4, 0.5) is 0 Å². The lowest BCUT2D eigenvalue weighted by Gasteiger charge is -2.31. The molecular weight excluding hydrogens is 353 g/mol. The molecule has 26 heavy (non-hydrogen) atoms. The Hall–Kier alpha value is -2.01. The summed E-state index contributed by atoms with van der Waals surface area (Å²) in [6.07, 6.45) is 0. The van der Waals surface area contributed by atoms with Crippen molar-refractivity contribution in [1.29, 1.82) is 0 Å². The van der Waals surface area contributed by atoms with Gasteiger partial charge in [-0.25, -0.2) is 0 Å². The van der Waals surface area contributed by atoms with Gasteiger partial charge in [0.2, 0.25) is 6.54 Å². The summed E-state index contributed by atoms with van der Waals surface area (Å²) in [6.45, 7) is 3.49. The van der Waals surface area contributed by atoms with E-state index in [9.17, 15) is 14.7 Å². The third-order valence-corrected chi connectivity index (χ3v) is 6.63. The Balaban J connectivity index is 2.62. The molecule has 0 aliphatic rings. The molecule has 0 unspecified atom stereocenters. The molecule has 0 spiro atoms. The first-order valence-corrected chi connectivity index (χ1v) is 10.2. The van der Waals surface area contributed by atoms with Gasteiger partial charge in [-0.05, 0) is 25.0 Å². The number of nitro groups is 1. The molecular formula is C19H24NO5P. The van der Waals surface area contributed by atoms with Crippen molar-refractivity contribution in [3.8, 4) is 0 Å². The summed E-state index contributed by atoms with van der Waals surface area (Å²) in [6, 6.07) is 18.2. The van der Waals surface area contributed by atoms with Crippen LogP contribution in [0.5, 0.6) is 0 Å². The molecule has 7 heteroatoms. The van der Waals surface area contributed by atoms with E-state index < -0.39 is 19.2 Å². The van der Waals surface area contributed by atoms with Crippen LogP contribution in [-0.4, -0.2) is 24.7 Å². The summed E-state index contributed by atoms with van der Waals surface area (Å²) in [5.41, 5.74) is 0.669. The maximum Gasteiger partial charge on any atom is 0.338 e. The van der Waals surface area contributed by atoms with Gasteiger partial charge in [0.1, 0.15) is 0 Å². The minimum Gasteiger partial charge on any atom is -0.308 e. The molecule has 0 saturated heterocycles. The molecule has 6 nitrogen and oxygen atoms in total. The van der Waals surface area contributed by atoms with Crippen molar-refractivity contribution in [2.75, 3.05) is 19.8 Å². The van der Waals surface area contributed by atoms with E-state index in [1.807, 2.05) is 60.7 Å². The van der Waals surface area contributed by atoms with Crippen LogP contribution < -0.4 is 0 Å². The quantitative estimate of drug-likeness (QED) is 0.329. The van der Waals surface area contributed by atoms with Gasteiger partial charge >= 0.3 is 7.60 Å². The molecule has 0 saturated carbocycles. The second-order valence-corrected chi connectivity index (χ2v) is 7.92. The molecule has 140 valence electrons. The minimum absolute atomic E-state index is 0.195. The predicted molar refractivity (Wildman–Crippen MR) is 101 cm³/mol. The molecule has 0 aliphatic heterocycles. The van der Waals surface area contributed by atoms with Crippen molar-refractivity contribution in [3.05, 3.63) is 81.9 Å². The van der Waals surface area contributed by atoms with E-state index in [-0.39, 0.29) is 24.7 Å². The van der Waals surface area contributed by atoms with Crippen LogP contribution in [0, 0.1) is 10.1 Å².